The van der Waals surface area contributed by atoms with Crippen molar-refractivity contribution in [1.82, 2.24) is 34.6 Å². The number of hydrogen-bond acceptors (Lipinski definition) is 10. The predicted molar refractivity (Wildman–Crippen MR) is 136 cm³/mol. The number of aromatic nitrogens is 5. The number of benzene rings is 1. The Morgan fingerprint density at radius 2 is 1.93 bits per heavy atom. The first-order chi connectivity index (χ1) is 19.3. The molecule has 1 saturated heterocycles. The summed E-state index contributed by atoms with van der Waals surface area (Å²) in [5.74, 6) is -1.97. The van der Waals surface area contributed by atoms with E-state index in [9.17, 15) is 23.6 Å². The van der Waals surface area contributed by atoms with Crippen LogP contribution in [-0.4, -0.2) is 85.6 Å². The number of carbonyl (C=O) groups excluding carboxylic acids is 2. The molecule has 3 aromatic rings. The molecule has 2 aliphatic heterocycles. The van der Waals surface area contributed by atoms with Crippen molar-refractivity contribution in [3.63, 3.8) is 0 Å². The highest BCUT2D eigenvalue weighted by atomic mass is 19.1. The number of piperazine rings is 1. The van der Waals surface area contributed by atoms with Gasteiger partial charge in [-0.1, -0.05) is 0 Å². The Hall–Kier alpha value is -5.00. The number of amides is 2. The van der Waals surface area contributed by atoms with E-state index in [2.05, 4.69) is 25.2 Å². The van der Waals surface area contributed by atoms with Crippen molar-refractivity contribution in [1.29, 1.82) is 5.26 Å². The van der Waals surface area contributed by atoms with Gasteiger partial charge in [0.2, 0.25) is 5.95 Å². The van der Waals surface area contributed by atoms with Crippen molar-refractivity contribution in [2.75, 3.05) is 37.7 Å². The van der Waals surface area contributed by atoms with Gasteiger partial charge in [-0.3, -0.25) is 0 Å². The standard InChI is InChI=1S/C25H24F2N10O3/c1-3-40-23(38)21-31-15(2)36(33-21)22-19(27)14-29-24(32-22)34-6-8-35(9-7-34)25(39)37-20(4-5-30-37)17-10-16(13-28)11-18(26)12-17/h5,10-12,14,20H,3-4,6-9H2,1-2H3. The Morgan fingerprint density at radius 3 is 2.65 bits per heavy atom. The summed E-state index contributed by atoms with van der Waals surface area (Å²) >= 11 is 0. The summed E-state index contributed by atoms with van der Waals surface area (Å²) in [6.45, 7) is 4.65. The molecular formula is C25H24F2N10O3. The number of nitrogens with zero attached hydrogens (tertiary/aromatic N) is 10. The molecule has 0 bridgehead atoms. The van der Waals surface area contributed by atoms with Crippen LogP contribution in [0.5, 0.6) is 0 Å². The molecule has 206 valence electrons. The number of hydrazone groups is 1. The molecule has 1 aromatic carbocycles. The van der Waals surface area contributed by atoms with Gasteiger partial charge in [-0.25, -0.2) is 33.3 Å². The molecule has 0 spiro atoms. The van der Waals surface area contributed by atoms with Crippen LogP contribution in [-0.2, 0) is 4.74 Å². The second-order valence-electron chi connectivity index (χ2n) is 8.99. The van der Waals surface area contributed by atoms with E-state index >= 15 is 0 Å². The average Bonchev–Trinajstić information content (AvgIpc) is 3.60. The van der Waals surface area contributed by atoms with Gasteiger partial charge < -0.3 is 14.5 Å². The number of rotatable bonds is 5. The van der Waals surface area contributed by atoms with E-state index in [0.717, 1.165) is 16.9 Å². The zero-order valence-corrected chi connectivity index (χ0v) is 21.7. The first-order valence-electron chi connectivity index (χ1n) is 12.5. The van der Waals surface area contributed by atoms with Crippen LogP contribution in [0.15, 0.2) is 29.5 Å². The second kappa shape index (κ2) is 11.0. The summed E-state index contributed by atoms with van der Waals surface area (Å²) in [5, 5.41) is 18.7. The van der Waals surface area contributed by atoms with Gasteiger partial charge in [-0.05, 0) is 37.6 Å². The highest BCUT2D eigenvalue weighted by molar-refractivity contribution is 5.85. The highest BCUT2D eigenvalue weighted by Gasteiger charge is 2.34. The maximum absolute atomic E-state index is 14.7. The number of anilines is 1. The number of ether oxygens (including phenoxy) is 1. The van der Waals surface area contributed by atoms with Crippen LogP contribution in [0.1, 0.15) is 47.0 Å². The number of nitriles is 1. The molecule has 0 N–H and O–H groups in total. The number of aryl methyl sites for hydroxylation is 1. The maximum Gasteiger partial charge on any atom is 0.378 e. The van der Waals surface area contributed by atoms with Gasteiger partial charge in [-0.15, -0.1) is 5.10 Å². The lowest BCUT2D eigenvalue weighted by atomic mass is 10.0. The lowest BCUT2D eigenvalue weighted by Crippen LogP contribution is -2.52. The van der Waals surface area contributed by atoms with E-state index in [-0.39, 0.29) is 41.6 Å². The fourth-order valence-electron chi connectivity index (χ4n) is 4.51. The summed E-state index contributed by atoms with van der Waals surface area (Å²) in [7, 11) is 0. The third kappa shape index (κ3) is 5.15. The second-order valence-corrected chi connectivity index (χ2v) is 8.99. The molecule has 4 heterocycles. The lowest BCUT2D eigenvalue weighted by molar-refractivity contribution is 0.0512. The third-order valence-electron chi connectivity index (χ3n) is 6.43. The summed E-state index contributed by atoms with van der Waals surface area (Å²) in [4.78, 5) is 41.2. The molecule has 1 fully saturated rings. The number of carbonyl (C=O) groups is 2. The summed E-state index contributed by atoms with van der Waals surface area (Å²) in [6.07, 6.45) is 2.99. The quantitative estimate of drug-likeness (QED) is 0.437. The van der Waals surface area contributed by atoms with Gasteiger partial charge in [0, 0.05) is 38.8 Å². The van der Waals surface area contributed by atoms with Crippen LogP contribution >= 0.6 is 0 Å². The predicted octanol–water partition coefficient (Wildman–Crippen LogP) is 2.37. The maximum atomic E-state index is 14.7. The minimum atomic E-state index is -0.754. The van der Waals surface area contributed by atoms with Gasteiger partial charge in [0.05, 0.1) is 30.5 Å². The first-order valence-corrected chi connectivity index (χ1v) is 12.5. The third-order valence-corrected chi connectivity index (χ3v) is 6.43. The summed E-state index contributed by atoms with van der Waals surface area (Å²) in [6, 6.07) is 5.03. The average molecular weight is 551 g/mol. The number of hydrogen-bond donors (Lipinski definition) is 0. The van der Waals surface area contributed by atoms with Gasteiger partial charge in [0.1, 0.15) is 11.6 Å². The molecule has 2 amide bonds. The topological polar surface area (TPSA) is 146 Å². The Labute approximate surface area is 227 Å². The Balaban J connectivity index is 1.28. The molecule has 2 aromatic heterocycles. The highest BCUT2D eigenvalue weighted by Crippen LogP contribution is 2.31. The summed E-state index contributed by atoms with van der Waals surface area (Å²) in [5.41, 5.74) is 0.655. The Bertz CT molecular complexity index is 1530. The van der Waals surface area contributed by atoms with Crippen molar-refractivity contribution in [2.24, 2.45) is 5.10 Å². The minimum absolute atomic E-state index is 0.143. The molecular weight excluding hydrogens is 526 g/mol. The van der Waals surface area contributed by atoms with Crippen molar-refractivity contribution in [3.05, 3.63) is 58.8 Å². The molecule has 40 heavy (non-hydrogen) atoms. The molecule has 1 unspecified atom stereocenters. The van der Waals surface area contributed by atoms with Crippen LogP contribution in [0.2, 0.25) is 0 Å². The molecule has 0 saturated carbocycles. The van der Waals surface area contributed by atoms with E-state index in [1.165, 1.54) is 11.1 Å². The number of esters is 1. The minimum Gasteiger partial charge on any atom is -0.460 e. The van der Waals surface area contributed by atoms with Gasteiger partial charge >= 0.3 is 12.0 Å². The Morgan fingerprint density at radius 1 is 1.15 bits per heavy atom. The molecule has 0 aliphatic carbocycles. The summed E-state index contributed by atoms with van der Waals surface area (Å²) < 4.78 is 34.7. The number of urea groups is 1. The fourth-order valence-corrected chi connectivity index (χ4v) is 4.51. The molecule has 5 rings (SSSR count). The largest absolute Gasteiger partial charge is 0.460 e. The van der Waals surface area contributed by atoms with Gasteiger partial charge in [-0.2, -0.15) is 20.0 Å². The SMILES string of the molecule is CCOC(=O)c1nc(C)n(-c2nc(N3CCN(C(=O)N4N=CCC4c4cc(F)cc(C#N)c4)CC3)ncc2F)n1. The zero-order chi connectivity index (χ0) is 28.4. The molecule has 15 heteroatoms. The smallest absolute Gasteiger partial charge is 0.378 e. The van der Waals surface area contributed by atoms with Crippen LogP contribution in [0.3, 0.4) is 0 Å². The lowest BCUT2D eigenvalue weighted by Gasteiger charge is -2.37. The molecule has 0 radical (unpaired) electrons. The van der Waals surface area contributed by atoms with E-state index < -0.39 is 23.6 Å². The van der Waals surface area contributed by atoms with Crippen LogP contribution in [0.4, 0.5) is 19.5 Å². The molecule has 13 nitrogen and oxygen atoms in total. The van der Waals surface area contributed by atoms with Crippen molar-refractivity contribution in [2.45, 2.75) is 26.3 Å². The van der Waals surface area contributed by atoms with E-state index in [1.54, 1.807) is 35.9 Å². The van der Waals surface area contributed by atoms with E-state index in [0.29, 0.717) is 38.2 Å². The molecule has 1 atom stereocenters. The normalized spacial score (nSPS) is 16.8. The van der Waals surface area contributed by atoms with Crippen molar-refractivity contribution < 1.29 is 23.1 Å². The fraction of sp³-hybridized carbons (Fsp3) is 0.360. The van der Waals surface area contributed by atoms with Crippen LogP contribution in [0, 0.1) is 29.9 Å². The van der Waals surface area contributed by atoms with E-state index in [4.69, 9.17) is 4.74 Å². The molecule has 2 aliphatic rings. The van der Waals surface area contributed by atoms with Crippen LogP contribution in [0.25, 0.3) is 5.82 Å². The van der Waals surface area contributed by atoms with Crippen LogP contribution < -0.4 is 4.90 Å². The van der Waals surface area contributed by atoms with E-state index in [1.807, 2.05) is 6.07 Å². The Kier molecular flexibility index (Phi) is 7.32. The van der Waals surface area contributed by atoms with Gasteiger partial charge in [0.15, 0.2) is 11.6 Å². The zero-order valence-electron chi connectivity index (χ0n) is 21.7. The van der Waals surface area contributed by atoms with Crippen molar-refractivity contribution >= 4 is 24.2 Å². The van der Waals surface area contributed by atoms with Gasteiger partial charge in [0.25, 0.3) is 5.82 Å². The number of halogens is 2. The van der Waals surface area contributed by atoms with Crippen molar-refractivity contribution in [3.8, 4) is 11.9 Å². The monoisotopic (exact) mass is 550 g/mol. The first kappa shape index (κ1) is 26.6.